The maximum Gasteiger partial charge on any atom is 0.242 e. The van der Waals surface area contributed by atoms with Crippen LogP contribution in [0.25, 0.3) is 0 Å². The van der Waals surface area contributed by atoms with Crippen LogP contribution < -0.4 is 5.32 Å². The number of benzene rings is 1. The predicted octanol–water partition coefficient (Wildman–Crippen LogP) is 0.657. The van der Waals surface area contributed by atoms with Crippen molar-refractivity contribution in [3.8, 4) is 0 Å². The SMILES string of the molecule is CN(CCO)S(=O)(=O)c1ccc2c(c1)NCCC2. The molecule has 100 valence electrons. The number of rotatable bonds is 4. The largest absolute Gasteiger partial charge is 0.395 e. The van der Waals surface area contributed by atoms with E-state index in [4.69, 9.17) is 5.11 Å². The van der Waals surface area contributed by atoms with Gasteiger partial charge in [-0.15, -0.1) is 0 Å². The van der Waals surface area contributed by atoms with Crippen LogP contribution in [0.5, 0.6) is 0 Å². The van der Waals surface area contributed by atoms with Crippen molar-refractivity contribution in [1.82, 2.24) is 4.31 Å². The third kappa shape index (κ3) is 2.50. The lowest BCUT2D eigenvalue weighted by molar-refractivity contribution is 0.266. The molecule has 0 saturated carbocycles. The van der Waals surface area contributed by atoms with E-state index in [-0.39, 0.29) is 18.0 Å². The van der Waals surface area contributed by atoms with Crippen molar-refractivity contribution in [2.75, 3.05) is 32.1 Å². The van der Waals surface area contributed by atoms with Gasteiger partial charge in [0, 0.05) is 25.8 Å². The number of aliphatic hydroxyl groups excluding tert-OH is 1. The van der Waals surface area contributed by atoms with E-state index in [1.54, 1.807) is 12.1 Å². The van der Waals surface area contributed by atoms with Gasteiger partial charge < -0.3 is 10.4 Å². The van der Waals surface area contributed by atoms with Crippen molar-refractivity contribution in [3.05, 3.63) is 23.8 Å². The quantitative estimate of drug-likeness (QED) is 0.843. The average Bonchev–Trinajstić information content (AvgIpc) is 2.38. The molecule has 1 aromatic carbocycles. The smallest absolute Gasteiger partial charge is 0.242 e. The van der Waals surface area contributed by atoms with E-state index in [1.807, 2.05) is 6.07 Å². The molecule has 6 heteroatoms. The lowest BCUT2D eigenvalue weighted by atomic mass is 10.0. The van der Waals surface area contributed by atoms with E-state index in [0.717, 1.165) is 34.9 Å². The number of aliphatic hydroxyl groups is 1. The summed E-state index contributed by atoms with van der Waals surface area (Å²) in [5.74, 6) is 0. The highest BCUT2D eigenvalue weighted by Gasteiger charge is 2.21. The van der Waals surface area contributed by atoms with Gasteiger partial charge in [0.2, 0.25) is 10.0 Å². The Labute approximate surface area is 107 Å². The maximum absolute atomic E-state index is 12.2. The zero-order valence-corrected chi connectivity index (χ0v) is 11.2. The van der Waals surface area contributed by atoms with Gasteiger partial charge in [0.25, 0.3) is 0 Å². The van der Waals surface area contributed by atoms with E-state index >= 15 is 0 Å². The normalized spacial score (nSPS) is 15.3. The molecule has 0 unspecified atom stereocenters. The van der Waals surface area contributed by atoms with E-state index in [1.165, 1.54) is 7.05 Å². The second-order valence-corrected chi connectivity index (χ2v) is 6.44. The third-order valence-corrected chi connectivity index (χ3v) is 5.00. The molecule has 0 aliphatic carbocycles. The number of likely N-dealkylation sites (N-methyl/N-ethyl adjacent to an activating group) is 1. The van der Waals surface area contributed by atoms with Crippen LogP contribution in [0, 0.1) is 0 Å². The van der Waals surface area contributed by atoms with Crippen LogP contribution in [0.2, 0.25) is 0 Å². The number of fused-ring (bicyclic) bond motifs is 1. The first-order valence-corrected chi connectivity index (χ1v) is 7.43. The van der Waals surface area contributed by atoms with Gasteiger partial charge >= 0.3 is 0 Å². The van der Waals surface area contributed by atoms with Crippen LogP contribution in [0.1, 0.15) is 12.0 Å². The molecule has 1 aliphatic rings. The molecule has 0 radical (unpaired) electrons. The molecule has 18 heavy (non-hydrogen) atoms. The Hall–Kier alpha value is -1.11. The Morgan fingerprint density at radius 1 is 1.44 bits per heavy atom. The molecule has 1 heterocycles. The van der Waals surface area contributed by atoms with Gasteiger partial charge in [-0.3, -0.25) is 0 Å². The average molecular weight is 270 g/mol. The van der Waals surface area contributed by atoms with Gasteiger partial charge in [-0.2, -0.15) is 4.31 Å². The summed E-state index contributed by atoms with van der Waals surface area (Å²) in [5.41, 5.74) is 2.06. The summed E-state index contributed by atoms with van der Waals surface area (Å²) in [7, 11) is -2.03. The molecule has 1 aliphatic heterocycles. The van der Waals surface area contributed by atoms with Crippen LogP contribution >= 0.6 is 0 Å². The molecule has 5 nitrogen and oxygen atoms in total. The van der Waals surface area contributed by atoms with Crippen molar-refractivity contribution in [3.63, 3.8) is 0 Å². The predicted molar refractivity (Wildman–Crippen MR) is 70.2 cm³/mol. The summed E-state index contributed by atoms with van der Waals surface area (Å²) in [6.45, 7) is 0.800. The van der Waals surface area contributed by atoms with Gasteiger partial charge in [0.15, 0.2) is 0 Å². The van der Waals surface area contributed by atoms with E-state index in [0.29, 0.717) is 0 Å². The Morgan fingerprint density at radius 3 is 2.94 bits per heavy atom. The highest BCUT2D eigenvalue weighted by Crippen LogP contribution is 2.26. The van der Waals surface area contributed by atoms with E-state index < -0.39 is 10.0 Å². The van der Waals surface area contributed by atoms with Crippen LogP contribution in [-0.2, 0) is 16.4 Å². The molecule has 0 fully saturated rings. The molecule has 1 aromatic rings. The minimum atomic E-state index is -3.50. The molecule has 2 N–H and O–H groups in total. The maximum atomic E-state index is 12.2. The summed E-state index contributed by atoms with van der Waals surface area (Å²) >= 11 is 0. The van der Waals surface area contributed by atoms with E-state index in [9.17, 15) is 8.42 Å². The molecule has 0 spiro atoms. The fraction of sp³-hybridized carbons (Fsp3) is 0.500. The lowest BCUT2D eigenvalue weighted by Crippen LogP contribution is -2.29. The number of anilines is 1. The molecular weight excluding hydrogens is 252 g/mol. The minimum Gasteiger partial charge on any atom is -0.395 e. The Morgan fingerprint density at radius 2 is 2.22 bits per heavy atom. The Bertz CT molecular complexity index is 528. The van der Waals surface area contributed by atoms with Crippen molar-refractivity contribution in [2.24, 2.45) is 0 Å². The highest BCUT2D eigenvalue weighted by molar-refractivity contribution is 7.89. The van der Waals surface area contributed by atoms with Crippen LogP contribution in [0.4, 0.5) is 5.69 Å². The van der Waals surface area contributed by atoms with Crippen LogP contribution in [0.15, 0.2) is 23.1 Å². The van der Waals surface area contributed by atoms with E-state index in [2.05, 4.69) is 5.32 Å². The van der Waals surface area contributed by atoms with Gasteiger partial charge in [-0.1, -0.05) is 6.07 Å². The molecular formula is C12H18N2O3S. The van der Waals surface area contributed by atoms with Gasteiger partial charge in [-0.25, -0.2) is 8.42 Å². The number of nitrogens with one attached hydrogen (secondary N) is 1. The fourth-order valence-corrected chi connectivity index (χ4v) is 3.23. The second-order valence-electron chi connectivity index (χ2n) is 4.40. The summed E-state index contributed by atoms with van der Waals surface area (Å²) < 4.78 is 25.6. The monoisotopic (exact) mass is 270 g/mol. The zero-order valence-electron chi connectivity index (χ0n) is 10.4. The number of aryl methyl sites for hydroxylation is 1. The first-order chi connectivity index (χ1) is 8.55. The summed E-state index contributed by atoms with van der Waals surface area (Å²) in [6.07, 6.45) is 2.05. The van der Waals surface area contributed by atoms with Crippen molar-refractivity contribution in [1.29, 1.82) is 0 Å². The number of hydrogen-bond donors (Lipinski definition) is 2. The zero-order chi connectivity index (χ0) is 13.2. The topological polar surface area (TPSA) is 69.6 Å². The number of sulfonamides is 1. The first kappa shape index (κ1) is 13.3. The minimum absolute atomic E-state index is 0.104. The van der Waals surface area contributed by atoms with Crippen molar-refractivity contribution >= 4 is 15.7 Å². The fourth-order valence-electron chi connectivity index (χ4n) is 2.04. The molecule has 0 aromatic heterocycles. The second kappa shape index (κ2) is 5.26. The van der Waals surface area contributed by atoms with Gasteiger partial charge in [0.1, 0.15) is 0 Å². The molecule has 0 bridgehead atoms. The van der Waals surface area contributed by atoms with Gasteiger partial charge in [-0.05, 0) is 30.5 Å². The highest BCUT2D eigenvalue weighted by atomic mass is 32.2. The molecule has 0 atom stereocenters. The van der Waals surface area contributed by atoms with Gasteiger partial charge in [0.05, 0.1) is 11.5 Å². The van der Waals surface area contributed by atoms with Crippen molar-refractivity contribution < 1.29 is 13.5 Å². The molecule has 2 rings (SSSR count). The Balaban J connectivity index is 2.33. The number of hydrogen-bond acceptors (Lipinski definition) is 4. The third-order valence-electron chi connectivity index (χ3n) is 3.14. The Kier molecular flexibility index (Phi) is 3.89. The van der Waals surface area contributed by atoms with Crippen LogP contribution in [-0.4, -0.2) is 44.6 Å². The summed E-state index contributed by atoms with van der Waals surface area (Å²) in [5, 5.41) is 12.0. The molecule has 0 saturated heterocycles. The van der Waals surface area contributed by atoms with Crippen LogP contribution in [0.3, 0.4) is 0 Å². The first-order valence-electron chi connectivity index (χ1n) is 5.99. The number of nitrogens with zero attached hydrogens (tertiary/aromatic N) is 1. The summed E-state index contributed by atoms with van der Waals surface area (Å²) in [6, 6.07) is 5.17. The van der Waals surface area contributed by atoms with Crippen molar-refractivity contribution in [2.45, 2.75) is 17.7 Å². The lowest BCUT2D eigenvalue weighted by Gasteiger charge is -2.21. The standard InChI is InChI=1S/C12H18N2O3S/c1-14(7-8-15)18(16,17)11-5-4-10-3-2-6-13-12(10)9-11/h4-5,9,13,15H,2-3,6-8H2,1H3. The molecule has 0 amide bonds. The summed E-state index contributed by atoms with van der Waals surface area (Å²) in [4.78, 5) is 0.270.